The number of carbonyl (C=O) groups is 1. The Bertz CT molecular complexity index is 566. The van der Waals surface area contributed by atoms with Crippen molar-refractivity contribution in [1.29, 1.82) is 0 Å². The first-order chi connectivity index (χ1) is 9.70. The second-order valence-electron chi connectivity index (χ2n) is 4.26. The average Bonchev–Trinajstić information content (AvgIpc) is 2.82. The maximum absolute atomic E-state index is 11.0. The summed E-state index contributed by atoms with van der Waals surface area (Å²) in [7, 11) is 0. The van der Waals surface area contributed by atoms with Crippen LogP contribution in [-0.2, 0) is 22.4 Å². The van der Waals surface area contributed by atoms with Gasteiger partial charge in [0.05, 0.1) is 23.7 Å². The van der Waals surface area contributed by atoms with E-state index in [9.17, 15) is 4.79 Å². The van der Waals surface area contributed by atoms with Crippen molar-refractivity contribution in [3.8, 4) is 11.3 Å². The molecule has 20 heavy (non-hydrogen) atoms. The molecule has 0 fully saturated rings. The lowest BCUT2D eigenvalue weighted by Crippen LogP contribution is -1.99. The van der Waals surface area contributed by atoms with Crippen LogP contribution in [0.15, 0.2) is 30.3 Å². The molecule has 0 aliphatic rings. The van der Waals surface area contributed by atoms with Gasteiger partial charge in [-0.2, -0.15) is 0 Å². The van der Waals surface area contributed by atoms with Crippen molar-refractivity contribution in [2.45, 2.75) is 19.8 Å². The van der Waals surface area contributed by atoms with Crippen LogP contribution < -0.4 is 0 Å². The Kier molecular flexibility index (Phi) is 5.26. The number of aromatic nitrogens is 1. The van der Waals surface area contributed by atoms with Crippen LogP contribution in [0.4, 0.5) is 0 Å². The number of aliphatic carboxylic acids is 1. The van der Waals surface area contributed by atoms with E-state index < -0.39 is 5.97 Å². The molecule has 0 aliphatic carbocycles. The van der Waals surface area contributed by atoms with Gasteiger partial charge in [-0.25, -0.2) is 4.98 Å². The number of ether oxygens (including phenoxy) is 1. The third kappa shape index (κ3) is 3.88. The lowest BCUT2D eigenvalue weighted by molar-refractivity contribution is -0.136. The van der Waals surface area contributed by atoms with E-state index >= 15 is 0 Å². The first kappa shape index (κ1) is 14.7. The molecule has 0 saturated carbocycles. The number of nitrogens with zero attached hydrogens (tertiary/aromatic N) is 1. The van der Waals surface area contributed by atoms with Crippen molar-refractivity contribution < 1.29 is 14.6 Å². The second kappa shape index (κ2) is 7.17. The molecule has 2 rings (SSSR count). The van der Waals surface area contributed by atoms with Gasteiger partial charge < -0.3 is 9.84 Å². The van der Waals surface area contributed by atoms with Crippen LogP contribution in [0.5, 0.6) is 0 Å². The van der Waals surface area contributed by atoms with Crippen LogP contribution in [0.25, 0.3) is 11.3 Å². The monoisotopic (exact) mass is 291 g/mol. The summed E-state index contributed by atoms with van der Waals surface area (Å²) in [5.41, 5.74) is 1.74. The first-order valence-electron chi connectivity index (χ1n) is 6.54. The predicted octanol–water partition coefficient (Wildman–Crippen LogP) is 3.02. The molecular weight excluding hydrogens is 274 g/mol. The number of hydrogen-bond donors (Lipinski definition) is 1. The molecule has 0 radical (unpaired) electrons. The Morgan fingerprint density at radius 1 is 1.35 bits per heavy atom. The van der Waals surface area contributed by atoms with Gasteiger partial charge in [0.15, 0.2) is 0 Å². The van der Waals surface area contributed by atoms with E-state index in [4.69, 9.17) is 9.84 Å². The number of thiazole rings is 1. The van der Waals surface area contributed by atoms with E-state index in [0.29, 0.717) is 13.2 Å². The van der Waals surface area contributed by atoms with Crippen LogP contribution in [0.1, 0.15) is 16.8 Å². The number of carboxylic acid groups (broad SMARTS) is 1. The van der Waals surface area contributed by atoms with Crippen LogP contribution in [0, 0.1) is 0 Å². The van der Waals surface area contributed by atoms with Gasteiger partial charge in [-0.3, -0.25) is 4.79 Å². The molecule has 0 bridgehead atoms. The van der Waals surface area contributed by atoms with Crippen molar-refractivity contribution in [3.05, 3.63) is 40.2 Å². The van der Waals surface area contributed by atoms with Gasteiger partial charge >= 0.3 is 5.97 Å². The van der Waals surface area contributed by atoms with Crippen LogP contribution in [-0.4, -0.2) is 29.3 Å². The maximum atomic E-state index is 11.0. The normalized spacial score (nSPS) is 10.7. The fourth-order valence-corrected chi connectivity index (χ4v) is 2.95. The topological polar surface area (TPSA) is 59.4 Å². The van der Waals surface area contributed by atoms with Gasteiger partial charge in [0.1, 0.15) is 0 Å². The summed E-state index contributed by atoms with van der Waals surface area (Å²) in [6, 6.07) is 9.69. The van der Waals surface area contributed by atoms with E-state index in [1.807, 2.05) is 37.3 Å². The highest BCUT2D eigenvalue weighted by atomic mass is 32.1. The molecule has 5 heteroatoms. The summed E-state index contributed by atoms with van der Waals surface area (Å²) >= 11 is 1.46. The maximum Gasteiger partial charge on any atom is 0.308 e. The quantitative estimate of drug-likeness (QED) is 0.797. The minimum atomic E-state index is -0.831. The molecule has 0 unspecified atom stereocenters. The molecule has 4 nitrogen and oxygen atoms in total. The number of benzene rings is 1. The molecule has 106 valence electrons. The van der Waals surface area contributed by atoms with Crippen molar-refractivity contribution in [2.24, 2.45) is 0 Å². The summed E-state index contributed by atoms with van der Waals surface area (Å²) in [4.78, 5) is 16.4. The molecule has 1 heterocycles. The Labute approximate surface area is 122 Å². The van der Waals surface area contributed by atoms with Gasteiger partial charge in [0.2, 0.25) is 0 Å². The highest BCUT2D eigenvalue weighted by Crippen LogP contribution is 2.29. The third-order valence-corrected chi connectivity index (χ3v) is 3.88. The highest BCUT2D eigenvalue weighted by molar-refractivity contribution is 7.12. The predicted molar refractivity (Wildman–Crippen MR) is 79.1 cm³/mol. The van der Waals surface area contributed by atoms with Gasteiger partial charge in [0, 0.05) is 23.5 Å². The lowest BCUT2D eigenvalue weighted by atomic mass is 10.1. The summed E-state index contributed by atoms with van der Waals surface area (Å²) in [5, 5.41) is 9.94. The van der Waals surface area contributed by atoms with Crippen molar-refractivity contribution in [1.82, 2.24) is 4.98 Å². The molecular formula is C15H17NO3S. The van der Waals surface area contributed by atoms with Gasteiger partial charge in [-0.1, -0.05) is 30.3 Å². The Morgan fingerprint density at radius 3 is 2.75 bits per heavy atom. The zero-order valence-corrected chi connectivity index (χ0v) is 12.2. The lowest BCUT2D eigenvalue weighted by Gasteiger charge is -1.99. The molecule has 0 spiro atoms. The standard InChI is InChI=1S/C15H17NO3S/c1-2-19-9-8-13-16-15(11-6-4-3-5-7-11)12(20-13)10-14(17)18/h3-7H,2,8-10H2,1H3,(H,17,18). The molecule has 0 saturated heterocycles. The molecule has 1 N–H and O–H groups in total. The first-order valence-corrected chi connectivity index (χ1v) is 7.36. The van der Waals surface area contributed by atoms with E-state index in [-0.39, 0.29) is 6.42 Å². The fourth-order valence-electron chi connectivity index (χ4n) is 1.89. The molecule has 0 atom stereocenters. The highest BCUT2D eigenvalue weighted by Gasteiger charge is 2.15. The van der Waals surface area contributed by atoms with Gasteiger partial charge in [-0.05, 0) is 6.92 Å². The second-order valence-corrected chi connectivity index (χ2v) is 5.43. The van der Waals surface area contributed by atoms with Crippen molar-refractivity contribution in [2.75, 3.05) is 13.2 Å². The smallest absolute Gasteiger partial charge is 0.308 e. The summed E-state index contributed by atoms with van der Waals surface area (Å²) < 4.78 is 5.32. The zero-order chi connectivity index (χ0) is 14.4. The number of rotatable bonds is 7. The molecule has 0 aliphatic heterocycles. The molecule has 2 aromatic rings. The molecule has 1 aromatic heterocycles. The average molecular weight is 291 g/mol. The molecule has 1 aromatic carbocycles. The van der Waals surface area contributed by atoms with E-state index in [1.54, 1.807) is 0 Å². The van der Waals surface area contributed by atoms with E-state index in [2.05, 4.69) is 4.98 Å². The van der Waals surface area contributed by atoms with E-state index in [0.717, 1.165) is 27.6 Å². The molecule has 0 amide bonds. The van der Waals surface area contributed by atoms with Crippen LogP contribution >= 0.6 is 11.3 Å². The Hall–Kier alpha value is -1.72. The largest absolute Gasteiger partial charge is 0.481 e. The fraction of sp³-hybridized carbons (Fsp3) is 0.333. The minimum Gasteiger partial charge on any atom is -0.481 e. The summed E-state index contributed by atoms with van der Waals surface area (Å²) in [6.07, 6.45) is 0.731. The van der Waals surface area contributed by atoms with Gasteiger partial charge in [-0.15, -0.1) is 11.3 Å². The number of hydrogen-bond acceptors (Lipinski definition) is 4. The zero-order valence-electron chi connectivity index (χ0n) is 11.3. The van der Waals surface area contributed by atoms with Crippen LogP contribution in [0.3, 0.4) is 0 Å². The van der Waals surface area contributed by atoms with Crippen LogP contribution in [0.2, 0.25) is 0 Å². The Morgan fingerprint density at radius 2 is 2.10 bits per heavy atom. The minimum absolute atomic E-state index is 0.0104. The van der Waals surface area contributed by atoms with Crippen molar-refractivity contribution >= 4 is 17.3 Å². The van der Waals surface area contributed by atoms with Gasteiger partial charge in [0.25, 0.3) is 0 Å². The third-order valence-electron chi connectivity index (χ3n) is 2.77. The van der Waals surface area contributed by atoms with E-state index in [1.165, 1.54) is 11.3 Å². The Balaban J connectivity index is 2.25. The summed E-state index contributed by atoms with van der Waals surface area (Å²) in [6.45, 7) is 3.25. The van der Waals surface area contributed by atoms with Crippen molar-refractivity contribution in [3.63, 3.8) is 0 Å². The SMILES string of the molecule is CCOCCc1nc(-c2ccccc2)c(CC(=O)O)s1. The summed E-state index contributed by atoms with van der Waals surface area (Å²) in [5.74, 6) is -0.831. The number of carboxylic acids is 1.